The topological polar surface area (TPSA) is 76.6 Å². The number of amides is 3. The van der Waals surface area contributed by atoms with Gasteiger partial charge in [0.25, 0.3) is 0 Å². The molecule has 0 saturated carbocycles. The van der Waals surface area contributed by atoms with Crippen molar-refractivity contribution in [3.05, 3.63) is 20.9 Å². The average Bonchev–Trinajstić information content (AvgIpc) is 3.04. The predicted octanol–water partition coefficient (Wildman–Crippen LogP) is 2.57. The van der Waals surface area contributed by atoms with E-state index >= 15 is 0 Å². The van der Waals surface area contributed by atoms with E-state index in [-0.39, 0.29) is 24.4 Å². The molecule has 1 unspecified atom stereocenters. The fraction of sp³-hybridized carbons (Fsp3) is 0.647. The molecule has 0 aliphatic carbocycles. The van der Waals surface area contributed by atoms with Gasteiger partial charge in [-0.25, -0.2) is 4.79 Å². The Labute approximate surface area is 168 Å². The van der Waals surface area contributed by atoms with Crippen LogP contribution in [0.5, 0.6) is 0 Å². The van der Waals surface area contributed by atoms with Gasteiger partial charge in [0.05, 0.1) is 0 Å². The Hall–Kier alpha value is -1.33. The van der Waals surface area contributed by atoms with Crippen LogP contribution in [0.2, 0.25) is 0 Å². The number of carbonyl (C=O) groups excluding carboxylic acids is 2. The lowest BCUT2D eigenvalue weighted by atomic mass is 9.97. The average molecular weight is 415 g/mol. The van der Waals surface area contributed by atoms with Crippen LogP contribution in [0.25, 0.3) is 0 Å². The van der Waals surface area contributed by atoms with Crippen molar-refractivity contribution in [2.24, 2.45) is 0 Å². The number of likely N-dealkylation sites (N-methyl/N-ethyl adjacent to an activating group) is 1. The van der Waals surface area contributed by atoms with Crippen LogP contribution < -0.4 is 0 Å². The summed E-state index contributed by atoms with van der Waals surface area (Å²) in [6, 6.07) is -0.181. The molecule has 2 aliphatic rings. The Morgan fingerprint density at radius 1 is 1.37 bits per heavy atom. The number of hydrogen-bond acceptors (Lipinski definition) is 7. The molecule has 1 atom stereocenters. The van der Waals surface area contributed by atoms with Crippen LogP contribution in [0.4, 0.5) is 4.79 Å². The first-order valence-corrected chi connectivity index (χ1v) is 10.6. The van der Waals surface area contributed by atoms with Crippen molar-refractivity contribution in [1.82, 2.24) is 19.8 Å². The molecule has 8 nitrogen and oxygen atoms in total. The van der Waals surface area contributed by atoms with Gasteiger partial charge in [0, 0.05) is 49.0 Å². The quantitative estimate of drug-likeness (QED) is 0.438. The first-order valence-electron chi connectivity index (χ1n) is 9.11. The number of rotatable bonds is 6. The highest BCUT2D eigenvalue weighted by molar-refractivity contribution is 7.88. The van der Waals surface area contributed by atoms with Crippen molar-refractivity contribution in [3.8, 4) is 0 Å². The molecule has 0 fully saturated rings. The van der Waals surface area contributed by atoms with Crippen LogP contribution >= 0.6 is 23.7 Å². The molecule has 0 spiro atoms. The van der Waals surface area contributed by atoms with Gasteiger partial charge in [0.15, 0.2) is 12.3 Å². The maximum atomic E-state index is 12.8. The Kier molecular flexibility index (Phi) is 6.64. The predicted molar refractivity (Wildman–Crippen MR) is 105 cm³/mol. The lowest BCUT2D eigenvalue weighted by molar-refractivity contribution is -0.150. The van der Waals surface area contributed by atoms with E-state index in [0.717, 1.165) is 17.8 Å². The van der Waals surface area contributed by atoms with E-state index in [1.165, 1.54) is 21.1 Å². The van der Waals surface area contributed by atoms with E-state index in [9.17, 15) is 9.59 Å². The molecule has 2 aliphatic heterocycles. The van der Waals surface area contributed by atoms with E-state index in [4.69, 9.17) is 8.84 Å². The van der Waals surface area contributed by atoms with Gasteiger partial charge in [-0.15, -0.1) is 11.3 Å². The van der Waals surface area contributed by atoms with E-state index in [1.807, 2.05) is 30.7 Å². The zero-order valence-electron chi connectivity index (χ0n) is 15.9. The van der Waals surface area contributed by atoms with E-state index in [1.54, 1.807) is 11.3 Å². The summed E-state index contributed by atoms with van der Waals surface area (Å²) in [6.45, 7) is 8.13. The molecular weight excluding hydrogens is 388 g/mol. The summed E-state index contributed by atoms with van der Waals surface area (Å²) >= 11 is 1.88. The number of hydrogen-bond donors (Lipinski definition) is 1. The minimum Gasteiger partial charge on any atom is -0.325 e. The molecule has 27 heavy (non-hydrogen) atoms. The minimum absolute atomic E-state index is 0.0841. The van der Waals surface area contributed by atoms with E-state index in [2.05, 4.69) is 4.90 Å². The first kappa shape index (κ1) is 20.4. The smallest absolute Gasteiger partial charge is 0.320 e. The van der Waals surface area contributed by atoms with Gasteiger partial charge in [0.1, 0.15) is 6.04 Å². The number of urea groups is 1. The standard InChI is InChI=1S/C17H26N4O4S2/c1-4-19(5-2)17(23)20-7-6-15-12(9-20)13-8-18(3)10-14(16(13)26-15)21(11-22)25-27-24/h11,14,24H,4-10H2,1-3H3. The lowest BCUT2D eigenvalue weighted by Crippen LogP contribution is -2.45. The van der Waals surface area contributed by atoms with Gasteiger partial charge >= 0.3 is 6.03 Å². The molecule has 0 saturated heterocycles. The van der Waals surface area contributed by atoms with E-state index < -0.39 is 0 Å². The van der Waals surface area contributed by atoms with Crippen LogP contribution in [-0.2, 0) is 28.6 Å². The summed E-state index contributed by atoms with van der Waals surface area (Å²) in [5.41, 5.74) is 2.39. The highest BCUT2D eigenvalue weighted by Gasteiger charge is 2.36. The normalized spacial score (nSPS) is 19.4. The largest absolute Gasteiger partial charge is 0.325 e. The van der Waals surface area contributed by atoms with Crippen molar-refractivity contribution in [3.63, 3.8) is 0 Å². The molecular formula is C17H26N4O4S2. The van der Waals surface area contributed by atoms with Crippen molar-refractivity contribution < 1.29 is 18.4 Å². The summed E-state index contributed by atoms with van der Waals surface area (Å²) in [4.78, 5) is 32.5. The summed E-state index contributed by atoms with van der Waals surface area (Å²) in [5, 5.41) is 1.17. The maximum absolute atomic E-state index is 12.8. The third-order valence-electron chi connectivity index (χ3n) is 5.24. The highest BCUT2D eigenvalue weighted by atomic mass is 32.2. The van der Waals surface area contributed by atoms with Crippen LogP contribution in [0.1, 0.15) is 40.8 Å². The molecule has 1 aromatic heterocycles. The van der Waals surface area contributed by atoms with Crippen LogP contribution in [0, 0.1) is 0 Å². The van der Waals surface area contributed by atoms with Crippen LogP contribution in [0.3, 0.4) is 0 Å². The monoisotopic (exact) mass is 414 g/mol. The minimum atomic E-state index is -0.265. The summed E-state index contributed by atoms with van der Waals surface area (Å²) in [5.74, 6) is 0. The fourth-order valence-electron chi connectivity index (χ4n) is 3.85. The molecule has 1 aromatic rings. The second-order valence-electron chi connectivity index (χ2n) is 6.80. The number of carbonyl (C=O) groups is 2. The van der Waals surface area contributed by atoms with Crippen molar-refractivity contribution in [2.75, 3.05) is 33.2 Å². The number of thiophene rings is 1. The molecule has 3 heterocycles. The van der Waals surface area contributed by atoms with Crippen molar-refractivity contribution in [2.45, 2.75) is 39.4 Å². The molecule has 3 amide bonds. The Bertz CT molecular complexity index is 695. The second-order valence-corrected chi connectivity index (χ2v) is 8.23. The number of nitrogens with zero attached hydrogens (tertiary/aromatic N) is 4. The summed E-state index contributed by atoms with van der Waals surface area (Å²) in [6.07, 6.45) is 1.43. The van der Waals surface area contributed by atoms with Crippen molar-refractivity contribution >= 4 is 36.1 Å². The molecule has 10 heteroatoms. The van der Waals surface area contributed by atoms with E-state index in [0.29, 0.717) is 39.1 Å². The molecule has 0 radical (unpaired) electrons. The number of fused-ring (bicyclic) bond motifs is 3. The SMILES string of the molecule is CCN(CC)C(=O)N1CCc2sc3c(c2C1)CN(C)CC3N(C=O)OSO. The van der Waals surface area contributed by atoms with Gasteiger partial charge < -0.3 is 14.4 Å². The van der Waals surface area contributed by atoms with Gasteiger partial charge in [0.2, 0.25) is 6.41 Å². The maximum Gasteiger partial charge on any atom is 0.320 e. The first-order chi connectivity index (χ1) is 13.0. The molecule has 0 bridgehead atoms. The Morgan fingerprint density at radius 2 is 2.11 bits per heavy atom. The molecule has 3 rings (SSSR count). The molecule has 1 N–H and O–H groups in total. The Balaban J connectivity index is 1.89. The third kappa shape index (κ3) is 3.95. The van der Waals surface area contributed by atoms with Crippen LogP contribution in [0.15, 0.2) is 0 Å². The summed E-state index contributed by atoms with van der Waals surface area (Å²) < 4.78 is 14.0. The van der Waals surface area contributed by atoms with Gasteiger partial charge in [-0.1, -0.05) is 0 Å². The zero-order chi connectivity index (χ0) is 19.6. The fourth-order valence-corrected chi connectivity index (χ4v) is 5.47. The van der Waals surface area contributed by atoms with Crippen LogP contribution in [-0.4, -0.2) is 70.0 Å². The Morgan fingerprint density at radius 3 is 2.74 bits per heavy atom. The van der Waals surface area contributed by atoms with Gasteiger partial charge in [-0.3, -0.25) is 9.69 Å². The lowest BCUT2D eigenvalue weighted by Gasteiger charge is -2.35. The summed E-state index contributed by atoms with van der Waals surface area (Å²) in [7, 11) is 2.00. The second kappa shape index (κ2) is 8.78. The third-order valence-corrected chi connectivity index (χ3v) is 6.91. The van der Waals surface area contributed by atoms with Gasteiger partial charge in [-0.2, -0.15) is 9.35 Å². The van der Waals surface area contributed by atoms with Crippen molar-refractivity contribution in [1.29, 1.82) is 0 Å². The molecule has 0 aromatic carbocycles. The number of hydroxylamine groups is 2. The zero-order valence-corrected chi connectivity index (χ0v) is 17.5. The molecule has 150 valence electrons. The van der Waals surface area contributed by atoms with Gasteiger partial charge in [-0.05, 0) is 38.4 Å². The highest BCUT2D eigenvalue weighted by Crippen LogP contribution is 2.42.